The van der Waals surface area contributed by atoms with E-state index in [9.17, 15) is 0 Å². The Morgan fingerprint density at radius 2 is 0.848 bits per heavy atom. The van der Waals surface area contributed by atoms with Gasteiger partial charge in [0.25, 0.3) is 0 Å². The predicted octanol–water partition coefficient (Wildman–Crippen LogP) is 11.9. The van der Waals surface area contributed by atoms with E-state index in [1.54, 1.807) is 11.3 Å². The van der Waals surface area contributed by atoms with Crippen molar-refractivity contribution in [3.63, 3.8) is 0 Å². The molecule has 0 saturated heterocycles. The quantitative estimate of drug-likeness (QED) is 0.184. The molecule has 3 aromatic heterocycles. The molecule has 3 heterocycles. The standard InChI is InChI=1S/C41H23N3S2/c1-2-12-26-24(10-1)22-23-25-11-7-16-30(36(25)26)39-42-40(31-17-9-21-35-37(31)29-14-4-6-20-34(29)45-35)44-41(43-39)32-18-8-15-28-27-13-3-5-19-33(27)46-38(28)32/h1-23H. The molecule has 214 valence electrons. The average molecular weight is 622 g/mol. The van der Waals surface area contributed by atoms with Gasteiger partial charge in [-0.2, -0.15) is 0 Å². The molecule has 0 amide bonds. The van der Waals surface area contributed by atoms with Gasteiger partial charge in [0.2, 0.25) is 0 Å². The van der Waals surface area contributed by atoms with Crippen LogP contribution in [0.4, 0.5) is 0 Å². The van der Waals surface area contributed by atoms with Crippen molar-refractivity contribution in [2.24, 2.45) is 0 Å². The van der Waals surface area contributed by atoms with Crippen molar-refractivity contribution in [2.45, 2.75) is 0 Å². The first-order valence-corrected chi connectivity index (χ1v) is 16.9. The highest BCUT2D eigenvalue weighted by Crippen LogP contribution is 2.42. The fourth-order valence-electron chi connectivity index (χ4n) is 6.87. The van der Waals surface area contributed by atoms with Crippen LogP contribution >= 0.6 is 22.7 Å². The van der Waals surface area contributed by atoms with Gasteiger partial charge < -0.3 is 0 Å². The third-order valence-corrected chi connectivity index (χ3v) is 11.3. The third-order valence-electron chi connectivity index (χ3n) is 8.93. The van der Waals surface area contributed by atoms with Crippen LogP contribution in [0.5, 0.6) is 0 Å². The van der Waals surface area contributed by atoms with E-state index in [1.165, 1.54) is 51.1 Å². The first kappa shape index (κ1) is 25.8. The summed E-state index contributed by atoms with van der Waals surface area (Å²) in [6.45, 7) is 0. The molecule has 5 heteroatoms. The maximum absolute atomic E-state index is 5.30. The molecule has 0 radical (unpaired) electrons. The highest BCUT2D eigenvalue weighted by atomic mass is 32.1. The highest BCUT2D eigenvalue weighted by Gasteiger charge is 2.20. The second-order valence-corrected chi connectivity index (χ2v) is 13.7. The van der Waals surface area contributed by atoms with Crippen molar-refractivity contribution < 1.29 is 0 Å². The topological polar surface area (TPSA) is 38.7 Å². The second kappa shape index (κ2) is 10.0. The van der Waals surface area contributed by atoms with Crippen molar-refractivity contribution in [3.05, 3.63) is 140 Å². The molecule has 10 aromatic rings. The van der Waals surface area contributed by atoms with Gasteiger partial charge in [-0.3, -0.25) is 0 Å². The van der Waals surface area contributed by atoms with Crippen LogP contribution < -0.4 is 0 Å². The lowest BCUT2D eigenvalue weighted by molar-refractivity contribution is 1.08. The van der Waals surface area contributed by atoms with Gasteiger partial charge in [0.1, 0.15) is 0 Å². The van der Waals surface area contributed by atoms with Crippen LogP contribution in [0.2, 0.25) is 0 Å². The van der Waals surface area contributed by atoms with E-state index >= 15 is 0 Å². The van der Waals surface area contributed by atoms with Gasteiger partial charge >= 0.3 is 0 Å². The zero-order valence-corrected chi connectivity index (χ0v) is 26.1. The first-order valence-electron chi connectivity index (χ1n) is 15.3. The largest absolute Gasteiger partial charge is 0.208 e. The van der Waals surface area contributed by atoms with E-state index < -0.39 is 0 Å². The molecule has 0 spiro atoms. The number of nitrogens with zero attached hydrogens (tertiary/aromatic N) is 3. The van der Waals surface area contributed by atoms with E-state index in [4.69, 9.17) is 15.0 Å². The highest BCUT2D eigenvalue weighted by molar-refractivity contribution is 7.26. The number of hydrogen-bond acceptors (Lipinski definition) is 5. The predicted molar refractivity (Wildman–Crippen MR) is 197 cm³/mol. The minimum absolute atomic E-state index is 0.677. The summed E-state index contributed by atoms with van der Waals surface area (Å²) in [4.78, 5) is 15.9. The Labute approximate surface area is 272 Å². The van der Waals surface area contributed by atoms with E-state index in [2.05, 4.69) is 140 Å². The van der Waals surface area contributed by atoms with Crippen LogP contribution in [0.3, 0.4) is 0 Å². The normalized spacial score (nSPS) is 11.9. The number of benzene rings is 7. The fraction of sp³-hybridized carbons (Fsp3) is 0. The molecule has 0 N–H and O–H groups in total. The van der Waals surface area contributed by atoms with Crippen molar-refractivity contribution in [2.75, 3.05) is 0 Å². The molecule has 0 bridgehead atoms. The number of fused-ring (bicyclic) bond motifs is 9. The monoisotopic (exact) mass is 621 g/mol. The third kappa shape index (κ3) is 3.86. The molecule has 0 unspecified atom stereocenters. The summed E-state index contributed by atoms with van der Waals surface area (Å²) in [6.07, 6.45) is 0. The summed E-state index contributed by atoms with van der Waals surface area (Å²) < 4.78 is 4.93. The Bertz CT molecular complexity index is 2830. The first-order chi connectivity index (χ1) is 22.8. The molecule has 7 aromatic carbocycles. The number of rotatable bonds is 3. The van der Waals surface area contributed by atoms with Crippen LogP contribution in [0, 0.1) is 0 Å². The molecule has 0 aliphatic rings. The van der Waals surface area contributed by atoms with Crippen molar-refractivity contribution in [3.8, 4) is 34.2 Å². The van der Waals surface area contributed by atoms with E-state index in [1.807, 2.05) is 11.3 Å². The van der Waals surface area contributed by atoms with E-state index in [0.29, 0.717) is 17.5 Å². The maximum atomic E-state index is 5.30. The summed E-state index contributed by atoms with van der Waals surface area (Å²) in [6, 6.07) is 49.5. The van der Waals surface area contributed by atoms with Crippen LogP contribution in [0.1, 0.15) is 0 Å². The smallest absolute Gasteiger partial charge is 0.165 e. The number of hydrogen-bond donors (Lipinski definition) is 0. The minimum atomic E-state index is 0.677. The Kier molecular flexibility index (Phi) is 5.61. The SMILES string of the molecule is c1ccc2c(c1)ccc1cccc(-c3nc(-c4cccc5c4sc4ccccc45)nc(-c4cccc5sc6ccccc6c45)n3)c12. The number of aromatic nitrogens is 3. The van der Waals surface area contributed by atoms with Gasteiger partial charge in [0, 0.05) is 62.4 Å². The Hall–Kier alpha value is -5.49. The summed E-state index contributed by atoms with van der Waals surface area (Å²) in [5, 5.41) is 9.61. The Morgan fingerprint density at radius 1 is 0.326 bits per heavy atom. The van der Waals surface area contributed by atoms with Crippen LogP contribution in [0.25, 0.3) is 96.1 Å². The van der Waals surface area contributed by atoms with Crippen LogP contribution in [0.15, 0.2) is 140 Å². The Balaban J connectivity index is 1.32. The van der Waals surface area contributed by atoms with Gasteiger partial charge in [-0.25, -0.2) is 15.0 Å². The molecule has 0 aliphatic heterocycles. The molecule has 46 heavy (non-hydrogen) atoms. The zero-order chi connectivity index (χ0) is 30.2. The lowest BCUT2D eigenvalue weighted by atomic mass is 9.97. The van der Waals surface area contributed by atoms with Crippen molar-refractivity contribution in [1.82, 2.24) is 15.0 Å². The summed E-state index contributed by atoms with van der Waals surface area (Å²) in [5.74, 6) is 2.05. The van der Waals surface area contributed by atoms with Gasteiger partial charge in [0.15, 0.2) is 17.5 Å². The average Bonchev–Trinajstić information content (AvgIpc) is 3.70. The molecule has 3 nitrogen and oxygen atoms in total. The molecule has 0 aliphatic carbocycles. The molecule has 0 fully saturated rings. The van der Waals surface area contributed by atoms with Crippen molar-refractivity contribution in [1.29, 1.82) is 0 Å². The van der Waals surface area contributed by atoms with Gasteiger partial charge in [0.05, 0.1) is 0 Å². The summed E-state index contributed by atoms with van der Waals surface area (Å²) >= 11 is 3.61. The molecule has 10 rings (SSSR count). The Morgan fingerprint density at radius 3 is 1.67 bits per heavy atom. The molecular formula is C41H23N3S2. The van der Waals surface area contributed by atoms with Gasteiger partial charge in [-0.15, -0.1) is 22.7 Å². The lowest BCUT2D eigenvalue weighted by Gasteiger charge is -2.13. The van der Waals surface area contributed by atoms with Crippen LogP contribution in [-0.4, -0.2) is 15.0 Å². The summed E-state index contributed by atoms with van der Waals surface area (Å²) in [7, 11) is 0. The van der Waals surface area contributed by atoms with Crippen LogP contribution in [-0.2, 0) is 0 Å². The van der Waals surface area contributed by atoms with Crippen molar-refractivity contribution >= 4 is 84.6 Å². The van der Waals surface area contributed by atoms with Gasteiger partial charge in [-0.05, 0) is 40.4 Å². The maximum Gasteiger partial charge on any atom is 0.165 e. The minimum Gasteiger partial charge on any atom is -0.208 e. The summed E-state index contributed by atoms with van der Waals surface area (Å²) in [5.41, 5.74) is 3.05. The lowest BCUT2D eigenvalue weighted by Crippen LogP contribution is -2.01. The van der Waals surface area contributed by atoms with Gasteiger partial charge in [-0.1, -0.05) is 115 Å². The fourth-order valence-corrected chi connectivity index (χ4v) is 9.21. The zero-order valence-electron chi connectivity index (χ0n) is 24.4. The number of thiophene rings is 2. The molecular weight excluding hydrogens is 599 g/mol. The van der Waals surface area contributed by atoms with E-state index in [0.717, 1.165) is 27.5 Å². The molecule has 0 saturated carbocycles. The molecule has 0 atom stereocenters. The van der Waals surface area contributed by atoms with E-state index in [-0.39, 0.29) is 0 Å². The second-order valence-electron chi connectivity index (χ2n) is 11.6.